The smallest absolute Gasteiger partial charge is 0.243 e. The van der Waals surface area contributed by atoms with Crippen LogP contribution < -0.4 is 16.0 Å². The first-order chi connectivity index (χ1) is 12.8. The van der Waals surface area contributed by atoms with Gasteiger partial charge in [-0.05, 0) is 38.0 Å². The molecule has 7 heteroatoms. The van der Waals surface area contributed by atoms with Crippen molar-refractivity contribution in [1.29, 1.82) is 5.26 Å². The maximum absolute atomic E-state index is 12.2. The van der Waals surface area contributed by atoms with Crippen molar-refractivity contribution in [3.8, 4) is 6.07 Å². The van der Waals surface area contributed by atoms with E-state index in [4.69, 9.17) is 5.26 Å². The van der Waals surface area contributed by atoms with Gasteiger partial charge in [-0.3, -0.25) is 14.4 Å². The van der Waals surface area contributed by atoms with Gasteiger partial charge in [0.25, 0.3) is 0 Å². The second-order valence-corrected chi connectivity index (χ2v) is 7.94. The average Bonchev–Trinajstić information content (AvgIpc) is 3.02. The zero-order chi connectivity index (χ0) is 20.2. The average molecular weight is 379 g/mol. The molecule has 0 saturated carbocycles. The minimum absolute atomic E-state index is 0.119. The summed E-state index contributed by atoms with van der Waals surface area (Å²) in [7, 11) is 0. The third-order valence-corrected chi connectivity index (χ3v) is 4.74. The third-order valence-electron chi connectivity index (χ3n) is 4.74. The van der Waals surface area contributed by atoms with Crippen LogP contribution in [0.5, 0.6) is 0 Å². The molecular weight excluding hydrogens is 344 g/mol. The molecule has 0 bridgehead atoms. The molecule has 0 radical (unpaired) electrons. The molecule has 1 aliphatic heterocycles. The second kappa shape index (κ2) is 12.3. The highest BCUT2D eigenvalue weighted by Gasteiger charge is 2.23. The minimum atomic E-state index is -0.597. The van der Waals surface area contributed by atoms with Gasteiger partial charge in [0, 0.05) is 19.4 Å². The van der Waals surface area contributed by atoms with Gasteiger partial charge in [0.2, 0.25) is 17.7 Å². The van der Waals surface area contributed by atoms with Gasteiger partial charge in [-0.25, -0.2) is 0 Å². The van der Waals surface area contributed by atoms with E-state index in [9.17, 15) is 14.4 Å². The Morgan fingerprint density at radius 2 is 1.89 bits per heavy atom. The first-order valence-corrected chi connectivity index (χ1v) is 10.1. The number of carbonyl (C=O) groups excluding carboxylic acids is 3. The first kappa shape index (κ1) is 22.9. The Morgan fingerprint density at radius 1 is 1.19 bits per heavy atom. The summed E-state index contributed by atoms with van der Waals surface area (Å²) in [5, 5.41) is 17.1. The highest BCUT2D eigenvalue weighted by atomic mass is 16.2. The standard InChI is InChI=1S/C20H34N4O3/c1-14(2)10-17(20(27)23-15(3)12-21)24-18(25)9-7-5-4-6-8-16-11-19(26)22-13-16/h14-17H,4-11,13H2,1-3H3,(H,22,26)(H,23,27)(H,24,25)/t15?,16-,17?/m1/s1. The summed E-state index contributed by atoms with van der Waals surface area (Å²) in [4.78, 5) is 35.6. The van der Waals surface area contributed by atoms with Crippen molar-refractivity contribution in [2.24, 2.45) is 11.8 Å². The van der Waals surface area contributed by atoms with E-state index >= 15 is 0 Å². The Labute approximate surface area is 162 Å². The number of hydrogen-bond acceptors (Lipinski definition) is 4. The highest BCUT2D eigenvalue weighted by Crippen LogP contribution is 2.17. The fraction of sp³-hybridized carbons (Fsp3) is 0.800. The van der Waals surface area contributed by atoms with Crippen molar-refractivity contribution in [2.75, 3.05) is 6.54 Å². The molecule has 1 aliphatic rings. The number of carbonyl (C=O) groups is 3. The number of nitriles is 1. The summed E-state index contributed by atoms with van der Waals surface area (Å²) >= 11 is 0. The van der Waals surface area contributed by atoms with Crippen molar-refractivity contribution in [2.45, 2.75) is 84.2 Å². The molecule has 0 spiro atoms. The van der Waals surface area contributed by atoms with E-state index in [0.29, 0.717) is 25.2 Å². The molecule has 152 valence electrons. The first-order valence-electron chi connectivity index (χ1n) is 10.1. The van der Waals surface area contributed by atoms with Gasteiger partial charge in [0.05, 0.1) is 6.07 Å². The molecule has 1 saturated heterocycles. The number of amides is 3. The molecule has 3 amide bonds. The van der Waals surface area contributed by atoms with Crippen molar-refractivity contribution in [1.82, 2.24) is 16.0 Å². The van der Waals surface area contributed by atoms with Crippen LogP contribution in [0.1, 0.15) is 72.1 Å². The normalized spacial score (nSPS) is 18.5. The molecule has 1 rings (SSSR count). The molecule has 1 fully saturated rings. The fourth-order valence-electron chi connectivity index (χ4n) is 3.26. The highest BCUT2D eigenvalue weighted by molar-refractivity contribution is 5.87. The van der Waals surface area contributed by atoms with Crippen molar-refractivity contribution < 1.29 is 14.4 Å². The van der Waals surface area contributed by atoms with E-state index in [1.54, 1.807) is 6.92 Å². The molecule has 2 unspecified atom stereocenters. The SMILES string of the molecule is CC(C)CC(NC(=O)CCCCCC[C@H]1CNC(=O)C1)C(=O)NC(C)C#N. The summed E-state index contributed by atoms with van der Waals surface area (Å²) in [6.07, 6.45) is 6.53. The fourth-order valence-corrected chi connectivity index (χ4v) is 3.26. The van der Waals surface area contributed by atoms with Gasteiger partial charge in [-0.1, -0.05) is 33.1 Å². The van der Waals surface area contributed by atoms with Crippen LogP contribution in [-0.2, 0) is 14.4 Å². The molecule has 1 heterocycles. The lowest BCUT2D eigenvalue weighted by molar-refractivity contribution is -0.129. The maximum atomic E-state index is 12.2. The molecule has 0 aromatic heterocycles. The Bertz CT molecular complexity index is 542. The predicted octanol–water partition coefficient (Wildman–Crippen LogP) is 2.02. The lowest BCUT2D eigenvalue weighted by Crippen LogP contribution is -2.49. The molecule has 27 heavy (non-hydrogen) atoms. The van der Waals surface area contributed by atoms with Crippen LogP contribution in [0, 0.1) is 23.2 Å². The molecule has 3 N–H and O–H groups in total. The lowest BCUT2D eigenvalue weighted by Gasteiger charge is -2.21. The summed E-state index contributed by atoms with van der Waals surface area (Å²) in [5.74, 6) is 0.458. The Morgan fingerprint density at radius 3 is 2.48 bits per heavy atom. The summed E-state index contributed by atoms with van der Waals surface area (Å²) < 4.78 is 0. The topological polar surface area (TPSA) is 111 Å². The molecule has 0 aliphatic carbocycles. The van der Waals surface area contributed by atoms with Crippen LogP contribution in [0.4, 0.5) is 0 Å². The van der Waals surface area contributed by atoms with Crippen LogP contribution in [0.15, 0.2) is 0 Å². The van der Waals surface area contributed by atoms with Crippen molar-refractivity contribution in [3.63, 3.8) is 0 Å². The predicted molar refractivity (Wildman–Crippen MR) is 103 cm³/mol. The largest absolute Gasteiger partial charge is 0.356 e. The monoisotopic (exact) mass is 378 g/mol. The zero-order valence-electron chi connectivity index (χ0n) is 16.8. The van der Waals surface area contributed by atoms with Crippen LogP contribution in [-0.4, -0.2) is 36.3 Å². The van der Waals surface area contributed by atoms with E-state index in [2.05, 4.69) is 16.0 Å². The molecule has 7 nitrogen and oxygen atoms in total. The van der Waals surface area contributed by atoms with Crippen molar-refractivity contribution in [3.05, 3.63) is 0 Å². The molecule has 3 atom stereocenters. The molecule has 0 aromatic carbocycles. The zero-order valence-corrected chi connectivity index (χ0v) is 16.8. The van der Waals surface area contributed by atoms with E-state index in [0.717, 1.165) is 38.6 Å². The van der Waals surface area contributed by atoms with Gasteiger partial charge in [0.1, 0.15) is 12.1 Å². The van der Waals surface area contributed by atoms with E-state index < -0.39 is 12.1 Å². The van der Waals surface area contributed by atoms with E-state index in [1.165, 1.54) is 0 Å². The number of hydrogen-bond donors (Lipinski definition) is 3. The summed E-state index contributed by atoms with van der Waals surface area (Å²) in [6, 6.07) is 0.795. The summed E-state index contributed by atoms with van der Waals surface area (Å²) in [6.45, 7) is 6.40. The van der Waals surface area contributed by atoms with E-state index in [1.807, 2.05) is 19.9 Å². The lowest BCUT2D eigenvalue weighted by atomic mass is 9.99. The third kappa shape index (κ3) is 9.97. The van der Waals surface area contributed by atoms with Gasteiger partial charge in [0.15, 0.2) is 0 Å². The molecular formula is C20H34N4O3. The van der Waals surface area contributed by atoms with Crippen molar-refractivity contribution >= 4 is 17.7 Å². The van der Waals surface area contributed by atoms with Crippen LogP contribution in [0.25, 0.3) is 0 Å². The summed E-state index contributed by atoms with van der Waals surface area (Å²) in [5.41, 5.74) is 0. The Kier molecular flexibility index (Phi) is 10.5. The number of nitrogens with one attached hydrogen (secondary N) is 3. The van der Waals surface area contributed by atoms with Crippen LogP contribution in [0.2, 0.25) is 0 Å². The molecule has 0 aromatic rings. The Balaban J connectivity index is 2.23. The van der Waals surface area contributed by atoms with Gasteiger partial charge < -0.3 is 16.0 Å². The quantitative estimate of drug-likeness (QED) is 0.451. The van der Waals surface area contributed by atoms with Crippen LogP contribution in [0.3, 0.4) is 0 Å². The maximum Gasteiger partial charge on any atom is 0.243 e. The van der Waals surface area contributed by atoms with E-state index in [-0.39, 0.29) is 23.6 Å². The Hall–Kier alpha value is -2.10. The van der Waals surface area contributed by atoms with Gasteiger partial charge >= 0.3 is 0 Å². The van der Waals surface area contributed by atoms with Crippen LogP contribution >= 0.6 is 0 Å². The minimum Gasteiger partial charge on any atom is -0.356 e. The number of unbranched alkanes of at least 4 members (excludes halogenated alkanes) is 3. The van der Waals surface area contributed by atoms with Gasteiger partial charge in [-0.2, -0.15) is 5.26 Å². The number of rotatable bonds is 12. The second-order valence-electron chi connectivity index (χ2n) is 7.94. The van der Waals surface area contributed by atoms with Gasteiger partial charge in [-0.15, -0.1) is 0 Å². The number of nitrogens with zero attached hydrogens (tertiary/aromatic N) is 1.